The average molecular weight is 284 g/mol. The summed E-state index contributed by atoms with van der Waals surface area (Å²) in [4.78, 5) is 11.2. The van der Waals surface area contributed by atoms with Crippen molar-refractivity contribution in [2.24, 2.45) is 0 Å². The van der Waals surface area contributed by atoms with Crippen LogP contribution < -0.4 is 0 Å². The van der Waals surface area contributed by atoms with Crippen molar-refractivity contribution in [3.8, 4) is 10.4 Å². The zero-order chi connectivity index (χ0) is 10.8. The first-order valence-corrected chi connectivity index (χ1v) is 5.83. The van der Waals surface area contributed by atoms with Crippen LogP contribution in [0, 0.1) is 10.1 Å². The minimum Gasteiger partial charge on any atom is -0.258 e. The Kier molecular flexibility index (Phi) is 2.83. The molecule has 15 heavy (non-hydrogen) atoms. The van der Waals surface area contributed by atoms with Crippen molar-refractivity contribution in [1.82, 2.24) is 0 Å². The first-order chi connectivity index (χ1) is 7.18. The van der Waals surface area contributed by atoms with Gasteiger partial charge < -0.3 is 0 Å². The summed E-state index contributed by atoms with van der Waals surface area (Å²) in [6.07, 6.45) is 0. The minimum absolute atomic E-state index is 0.0992. The second kappa shape index (κ2) is 4.12. The number of hydrogen-bond acceptors (Lipinski definition) is 3. The van der Waals surface area contributed by atoms with E-state index in [9.17, 15) is 10.1 Å². The number of thiophene rings is 1. The molecule has 76 valence electrons. The number of hydrogen-bond donors (Lipinski definition) is 0. The van der Waals surface area contributed by atoms with Gasteiger partial charge in [-0.25, -0.2) is 0 Å². The van der Waals surface area contributed by atoms with Crippen LogP contribution in [0.4, 0.5) is 5.69 Å². The molecule has 5 heteroatoms. The van der Waals surface area contributed by atoms with Crippen molar-refractivity contribution in [2.45, 2.75) is 0 Å². The van der Waals surface area contributed by atoms with Crippen molar-refractivity contribution in [2.75, 3.05) is 0 Å². The highest BCUT2D eigenvalue weighted by Gasteiger charge is 2.10. The van der Waals surface area contributed by atoms with Gasteiger partial charge in [0.05, 0.1) is 4.92 Å². The lowest BCUT2D eigenvalue weighted by molar-refractivity contribution is -0.384. The second-order valence-corrected chi connectivity index (χ2v) is 4.70. The largest absolute Gasteiger partial charge is 0.270 e. The number of non-ortho nitro benzene ring substituents is 1. The molecule has 1 aromatic carbocycles. The predicted octanol–water partition coefficient (Wildman–Crippen LogP) is 4.09. The molecule has 0 fully saturated rings. The Morgan fingerprint density at radius 2 is 2.13 bits per heavy atom. The lowest BCUT2D eigenvalue weighted by atomic mass is 10.2. The van der Waals surface area contributed by atoms with Gasteiger partial charge in [-0.1, -0.05) is 6.07 Å². The second-order valence-electron chi connectivity index (χ2n) is 2.90. The van der Waals surface area contributed by atoms with E-state index in [1.807, 2.05) is 17.5 Å². The van der Waals surface area contributed by atoms with Crippen LogP contribution in [-0.4, -0.2) is 4.92 Å². The lowest BCUT2D eigenvalue weighted by Crippen LogP contribution is -1.87. The number of nitro benzene ring substituents is 1. The molecular formula is C10H6BrNO2S. The number of nitrogens with zero attached hydrogens (tertiary/aromatic N) is 1. The van der Waals surface area contributed by atoms with Crippen LogP contribution in [-0.2, 0) is 0 Å². The summed E-state index contributed by atoms with van der Waals surface area (Å²) in [7, 11) is 0. The summed E-state index contributed by atoms with van der Waals surface area (Å²) < 4.78 is 0.749. The number of rotatable bonds is 2. The SMILES string of the molecule is O=[N+]([O-])c1ccc(-c2cccs2)c(Br)c1. The smallest absolute Gasteiger partial charge is 0.258 e. The summed E-state index contributed by atoms with van der Waals surface area (Å²) in [6, 6.07) is 8.73. The van der Waals surface area contributed by atoms with Crippen LogP contribution in [0.2, 0.25) is 0 Å². The molecule has 0 N–H and O–H groups in total. The normalized spacial score (nSPS) is 10.2. The van der Waals surface area contributed by atoms with Crippen LogP contribution in [0.5, 0.6) is 0 Å². The zero-order valence-electron chi connectivity index (χ0n) is 7.51. The van der Waals surface area contributed by atoms with Gasteiger partial charge in [-0.2, -0.15) is 0 Å². The number of halogens is 1. The average Bonchev–Trinajstić information content (AvgIpc) is 2.70. The Morgan fingerprint density at radius 3 is 2.67 bits per heavy atom. The van der Waals surface area contributed by atoms with Gasteiger partial charge in [0.15, 0.2) is 0 Å². The summed E-state index contributed by atoms with van der Waals surface area (Å²) >= 11 is 4.94. The molecule has 0 atom stereocenters. The molecule has 0 amide bonds. The van der Waals surface area contributed by atoms with Crippen LogP contribution in [0.3, 0.4) is 0 Å². The minimum atomic E-state index is -0.400. The highest BCUT2D eigenvalue weighted by atomic mass is 79.9. The topological polar surface area (TPSA) is 43.1 Å². The monoisotopic (exact) mass is 283 g/mol. The molecule has 0 unspecified atom stereocenters. The summed E-state index contributed by atoms with van der Waals surface area (Å²) in [5.74, 6) is 0. The molecule has 0 spiro atoms. The molecule has 0 saturated heterocycles. The van der Waals surface area contributed by atoms with E-state index in [2.05, 4.69) is 15.9 Å². The highest BCUT2D eigenvalue weighted by molar-refractivity contribution is 9.10. The van der Waals surface area contributed by atoms with Crippen LogP contribution in [0.25, 0.3) is 10.4 Å². The first-order valence-electron chi connectivity index (χ1n) is 4.16. The van der Waals surface area contributed by atoms with Gasteiger partial charge in [0.1, 0.15) is 0 Å². The third-order valence-electron chi connectivity index (χ3n) is 1.95. The Hall–Kier alpha value is -1.20. The molecule has 3 nitrogen and oxygen atoms in total. The van der Waals surface area contributed by atoms with E-state index in [1.54, 1.807) is 17.4 Å². The van der Waals surface area contributed by atoms with Crippen molar-refractivity contribution < 1.29 is 4.92 Å². The van der Waals surface area contributed by atoms with Gasteiger partial charge in [0.2, 0.25) is 0 Å². The van der Waals surface area contributed by atoms with Gasteiger partial charge in [-0.15, -0.1) is 11.3 Å². The van der Waals surface area contributed by atoms with Gasteiger partial charge >= 0.3 is 0 Å². The molecule has 2 aromatic rings. The van der Waals surface area contributed by atoms with Gasteiger partial charge in [0.25, 0.3) is 5.69 Å². The van der Waals surface area contributed by atoms with Crippen molar-refractivity contribution in [3.05, 3.63) is 50.3 Å². The van der Waals surface area contributed by atoms with E-state index < -0.39 is 4.92 Å². The first kappa shape index (κ1) is 10.3. The summed E-state index contributed by atoms with van der Waals surface area (Å²) in [5.41, 5.74) is 1.08. The van der Waals surface area contributed by atoms with Crippen molar-refractivity contribution in [1.29, 1.82) is 0 Å². The maximum absolute atomic E-state index is 10.5. The van der Waals surface area contributed by atoms with Crippen molar-refractivity contribution >= 4 is 33.0 Å². The number of nitro groups is 1. The molecule has 0 saturated carbocycles. The fourth-order valence-electron chi connectivity index (χ4n) is 1.25. The molecule has 0 aliphatic rings. The Morgan fingerprint density at radius 1 is 1.33 bits per heavy atom. The third kappa shape index (κ3) is 2.08. The molecule has 0 aliphatic heterocycles. The van der Waals surface area contributed by atoms with Gasteiger partial charge in [-0.3, -0.25) is 10.1 Å². The summed E-state index contributed by atoms with van der Waals surface area (Å²) in [6.45, 7) is 0. The molecule has 0 radical (unpaired) electrons. The Labute approximate surface area is 98.6 Å². The quantitative estimate of drug-likeness (QED) is 0.616. The van der Waals surface area contributed by atoms with Crippen LogP contribution in [0.15, 0.2) is 40.2 Å². The zero-order valence-corrected chi connectivity index (χ0v) is 9.92. The Balaban J connectivity index is 2.48. The van der Waals surface area contributed by atoms with Crippen molar-refractivity contribution in [3.63, 3.8) is 0 Å². The molecule has 1 aromatic heterocycles. The predicted molar refractivity (Wildman–Crippen MR) is 64.1 cm³/mol. The molecule has 1 heterocycles. The van der Waals surface area contributed by atoms with E-state index in [-0.39, 0.29) is 5.69 Å². The van der Waals surface area contributed by atoms with Crippen LogP contribution in [0.1, 0.15) is 0 Å². The van der Waals surface area contributed by atoms with Crippen LogP contribution >= 0.6 is 27.3 Å². The maximum Gasteiger partial charge on any atom is 0.270 e. The fraction of sp³-hybridized carbons (Fsp3) is 0. The van der Waals surface area contributed by atoms with E-state index in [0.717, 1.165) is 14.9 Å². The Bertz CT molecular complexity index is 496. The lowest BCUT2D eigenvalue weighted by Gasteiger charge is -2.00. The standard InChI is InChI=1S/C10H6BrNO2S/c11-9-6-7(12(13)14)3-4-8(9)10-2-1-5-15-10/h1-6H. The molecule has 2 rings (SSSR count). The fourth-order valence-corrected chi connectivity index (χ4v) is 2.73. The molecule has 0 bridgehead atoms. The van der Waals surface area contributed by atoms with Gasteiger partial charge in [-0.05, 0) is 33.4 Å². The highest BCUT2D eigenvalue weighted by Crippen LogP contribution is 2.33. The van der Waals surface area contributed by atoms with E-state index in [0.29, 0.717) is 0 Å². The third-order valence-corrected chi connectivity index (χ3v) is 3.51. The summed E-state index contributed by atoms with van der Waals surface area (Å²) in [5, 5.41) is 12.5. The van der Waals surface area contributed by atoms with E-state index in [1.165, 1.54) is 12.1 Å². The molecule has 0 aliphatic carbocycles. The molecular weight excluding hydrogens is 278 g/mol. The van der Waals surface area contributed by atoms with E-state index in [4.69, 9.17) is 0 Å². The maximum atomic E-state index is 10.5. The van der Waals surface area contributed by atoms with Gasteiger partial charge in [0, 0.05) is 27.0 Å². The van der Waals surface area contributed by atoms with E-state index >= 15 is 0 Å². The number of benzene rings is 1.